The van der Waals surface area contributed by atoms with Crippen LogP contribution in [0.3, 0.4) is 0 Å². The SMILES string of the molecule is CC(C)CC(=O)N[C@H](CCC(=O)O)C(=O)NCCNC(C)C. The van der Waals surface area contributed by atoms with E-state index in [2.05, 4.69) is 16.0 Å². The quantitative estimate of drug-likeness (QED) is 0.415. The molecular weight excluding hydrogens is 286 g/mol. The van der Waals surface area contributed by atoms with Crippen molar-refractivity contribution in [1.29, 1.82) is 0 Å². The summed E-state index contributed by atoms with van der Waals surface area (Å²) in [6.45, 7) is 8.87. The Bertz CT molecular complexity index is 370. The molecule has 22 heavy (non-hydrogen) atoms. The fourth-order valence-corrected chi connectivity index (χ4v) is 1.83. The van der Waals surface area contributed by atoms with Crippen LogP contribution in [0.2, 0.25) is 0 Å². The van der Waals surface area contributed by atoms with E-state index in [1.54, 1.807) is 0 Å². The number of hydrogen-bond acceptors (Lipinski definition) is 4. The third-order valence-electron chi connectivity index (χ3n) is 2.87. The normalized spacial score (nSPS) is 12.3. The van der Waals surface area contributed by atoms with Crippen LogP contribution in [0.25, 0.3) is 0 Å². The summed E-state index contributed by atoms with van der Waals surface area (Å²) in [7, 11) is 0. The van der Waals surface area contributed by atoms with Crippen LogP contribution >= 0.6 is 0 Å². The second-order valence-corrected chi connectivity index (χ2v) is 6.05. The molecule has 0 saturated carbocycles. The molecule has 0 heterocycles. The molecule has 0 rings (SSSR count). The average Bonchev–Trinajstić information content (AvgIpc) is 2.37. The Morgan fingerprint density at radius 2 is 1.68 bits per heavy atom. The van der Waals surface area contributed by atoms with Gasteiger partial charge in [-0.05, 0) is 12.3 Å². The van der Waals surface area contributed by atoms with Crippen molar-refractivity contribution in [2.45, 2.75) is 59.0 Å². The predicted molar refractivity (Wildman–Crippen MR) is 84.4 cm³/mol. The van der Waals surface area contributed by atoms with Gasteiger partial charge in [-0.1, -0.05) is 27.7 Å². The summed E-state index contributed by atoms with van der Waals surface area (Å²) in [4.78, 5) is 34.5. The van der Waals surface area contributed by atoms with Crippen LogP contribution < -0.4 is 16.0 Å². The molecule has 7 nitrogen and oxygen atoms in total. The van der Waals surface area contributed by atoms with E-state index in [0.29, 0.717) is 25.6 Å². The zero-order chi connectivity index (χ0) is 17.1. The summed E-state index contributed by atoms with van der Waals surface area (Å²) >= 11 is 0. The second kappa shape index (κ2) is 11.0. The van der Waals surface area contributed by atoms with E-state index in [1.165, 1.54) is 0 Å². The summed E-state index contributed by atoms with van der Waals surface area (Å²) in [5.74, 6) is -1.39. The van der Waals surface area contributed by atoms with E-state index < -0.39 is 12.0 Å². The molecule has 0 aliphatic rings. The minimum absolute atomic E-state index is 0.0859. The lowest BCUT2D eigenvalue weighted by molar-refractivity contribution is -0.138. The van der Waals surface area contributed by atoms with Gasteiger partial charge in [-0.15, -0.1) is 0 Å². The van der Waals surface area contributed by atoms with Crippen molar-refractivity contribution >= 4 is 17.8 Å². The van der Waals surface area contributed by atoms with Crippen LogP contribution in [-0.4, -0.2) is 48.1 Å². The van der Waals surface area contributed by atoms with Crippen molar-refractivity contribution in [3.05, 3.63) is 0 Å². The maximum absolute atomic E-state index is 12.1. The Morgan fingerprint density at radius 1 is 1.05 bits per heavy atom. The van der Waals surface area contributed by atoms with E-state index in [-0.39, 0.29) is 30.6 Å². The lowest BCUT2D eigenvalue weighted by atomic mass is 10.1. The fraction of sp³-hybridized carbons (Fsp3) is 0.800. The molecule has 2 amide bonds. The third kappa shape index (κ3) is 11.1. The zero-order valence-electron chi connectivity index (χ0n) is 13.9. The highest BCUT2D eigenvalue weighted by atomic mass is 16.4. The van der Waals surface area contributed by atoms with Crippen molar-refractivity contribution in [3.63, 3.8) is 0 Å². The molecule has 128 valence electrons. The first-order valence-corrected chi connectivity index (χ1v) is 7.74. The first kappa shape index (κ1) is 20.4. The minimum Gasteiger partial charge on any atom is -0.481 e. The molecule has 0 spiro atoms. The van der Waals surface area contributed by atoms with Gasteiger partial charge in [0.1, 0.15) is 6.04 Å². The number of carboxylic acid groups (broad SMARTS) is 1. The van der Waals surface area contributed by atoms with Crippen molar-refractivity contribution < 1.29 is 19.5 Å². The van der Waals surface area contributed by atoms with Crippen molar-refractivity contribution in [3.8, 4) is 0 Å². The largest absolute Gasteiger partial charge is 0.481 e. The fourth-order valence-electron chi connectivity index (χ4n) is 1.83. The van der Waals surface area contributed by atoms with Gasteiger partial charge in [-0.2, -0.15) is 0 Å². The molecule has 0 aliphatic carbocycles. The number of carboxylic acids is 1. The predicted octanol–water partition coefficient (Wildman–Crippen LogP) is 0.496. The maximum atomic E-state index is 12.1. The standard InChI is InChI=1S/C15H29N3O4/c1-10(2)9-13(19)18-12(5-6-14(20)21)15(22)17-8-7-16-11(3)4/h10-12,16H,5-9H2,1-4H3,(H,17,22)(H,18,19)(H,20,21)/t12-/m1/s1. The van der Waals surface area contributed by atoms with Gasteiger partial charge in [0.15, 0.2) is 0 Å². The molecule has 0 aliphatic heterocycles. The second-order valence-electron chi connectivity index (χ2n) is 6.05. The molecular formula is C15H29N3O4. The van der Waals surface area contributed by atoms with E-state index in [9.17, 15) is 14.4 Å². The number of carbonyl (C=O) groups is 3. The molecule has 0 aromatic rings. The highest BCUT2D eigenvalue weighted by Crippen LogP contribution is 2.03. The monoisotopic (exact) mass is 315 g/mol. The van der Waals surface area contributed by atoms with Crippen LogP contribution in [0.4, 0.5) is 0 Å². The van der Waals surface area contributed by atoms with Gasteiger partial charge in [0.2, 0.25) is 11.8 Å². The number of aliphatic carboxylic acids is 1. The average molecular weight is 315 g/mol. The van der Waals surface area contributed by atoms with Crippen LogP contribution in [0.1, 0.15) is 47.0 Å². The molecule has 0 radical (unpaired) electrons. The lowest BCUT2D eigenvalue weighted by Gasteiger charge is -2.19. The van der Waals surface area contributed by atoms with Crippen molar-refractivity contribution in [2.75, 3.05) is 13.1 Å². The van der Waals surface area contributed by atoms with Crippen LogP contribution in [0.15, 0.2) is 0 Å². The van der Waals surface area contributed by atoms with Gasteiger partial charge < -0.3 is 21.1 Å². The van der Waals surface area contributed by atoms with Crippen LogP contribution in [0.5, 0.6) is 0 Å². The van der Waals surface area contributed by atoms with Crippen LogP contribution in [-0.2, 0) is 14.4 Å². The van der Waals surface area contributed by atoms with Crippen molar-refractivity contribution in [2.24, 2.45) is 5.92 Å². The Hall–Kier alpha value is -1.63. The van der Waals surface area contributed by atoms with E-state index >= 15 is 0 Å². The van der Waals surface area contributed by atoms with E-state index in [0.717, 1.165) is 0 Å². The maximum Gasteiger partial charge on any atom is 0.303 e. The molecule has 0 fully saturated rings. The number of nitrogens with one attached hydrogen (secondary N) is 3. The molecule has 1 atom stereocenters. The smallest absolute Gasteiger partial charge is 0.303 e. The first-order valence-electron chi connectivity index (χ1n) is 7.74. The molecule has 0 saturated heterocycles. The van der Waals surface area contributed by atoms with Gasteiger partial charge in [0, 0.05) is 32.0 Å². The van der Waals surface area contributed by atoms with Crippen LogP contribution in [0, 0.1) is 5.92 Å². The lowest BCUT2D eigenvalue weighted by Crippen LogP contribution is -2.48. The number of hydrogen-bond donors (Lipinski definition) is 4. The van der Waals surface area contributed by atoms with E-state index in [4.69, 9.17) is 5.11 Å². The summed E-state index contributed by atoms with van der Waals surface area (Å²) in [6.07, 6.45) is 0.235. The number of carbonyl (C=O) groups excluding carboxylic acids is 2. The third-order valence-corrected chi connectivity index (χ3v) is 2.87. The summed E-state index contributed by atoms with van der Waals surface area (Å²) in [5.41, 5.74) is 0. The summed E-state index contributed by atoms with van der Waals surface area (Å²) < 4.78 is 0. The van der Waals surface area contributed by atoms with Gasteiger partial charge >= 0.3 is 5.97 Å². The Kier molecular flexibility index (Phi) is 10.2. The molecule has 0 aromatic carbocycles. The highest BCUT2D eigenvalue weighted by molar-refractivity contribution is 5.88. The van der Waals surface area contributed by atoms with Gasteiger partial charge in [0.05, 0.1) is 0 Å². The van der Waals surface area contributed by atoms with Gasteiger partial charge in [-0.25, -0.2) is 0 Å². The molecule has 0 unspecified atom stereocenters. The van der Waals surface area contributed by atoms with E-state index in [1.807, 2.05) is 27.7 Å². The Labute approximate surface area is 132 Å². The Morgan fingerprint density at radius 3 is 2.18 bits per heavy atom. The molecule has 7 heteroatoms. The number of rotatable bonds is 11. The van der Waals surface area contributed by atoms with Gasteiger partial charge in [0.25, 0.3) is 0 Å². The molecule has 4 N–H and O–H groups in total. The highest BCUT2D eigenvalue weighted by Gasteiger charge is 2.21. The summed E-state index contributed by atoms with van der Waals surface area (Å²) in [5, 5.41) is 17.2. The molecule has 0 aromatic heterocycles. The molecule has 0 bridgehead atoms. The van der Waals surface area contributed by atoms with Crippen molar-refractivity contribution in [1.82, 2.24) is 16.0 Å². The minimum atomic E-state index is -0.989. The summed E-state index contributed by atoms with van der Waals surface area (Å²) in [6, 6.07) is -0.480. The topological polar surface area (TPSA) is 108 Å². The number of amides is 2. The zero-order valence-corrected chi connectivity index (χ0v) is 13.9. The first-order chi connectivity index (χ1) is 10.2. The van der Waals surface area contributed by atoms with Gasteiger partial charge in [-0.3, -0.25) is 14.4 Å². The Balaban J connectivity index is 4.39.